The van der Waals surface area contributed by atoms with Gasteiger partial charge in [-0.3, -0.25) is 4.79 Å². The molecule has 0 aromatic heterocycles. The third-order valence-electron chi connectivity index (χ3n) is 5.78. The van der Waals surface area contributed by atoms with Crippen LogP contribution in [-0.4, -0.2) is 62.7 Å². The van der Waals surface area contributed by atoms with Gasteiger partial charge in [-0.1, -0.05) is 18.1 Å². The summed E-state index contributed by atoms with van der Waals surface area (Å²) in [5.41, 5.74) is 2.61. The second-order valence-corrected chi connectivity index (χ2v) is 7.69. The Balaban J connectivity index is 1.59. The molecule has 1 heterocycles. The molecule has 0 saturated carbocycles. The molecule has 30 heavy (non-hydrogen) atoms. The van der Waals surface area contributed by atoms with Gasteiger partial charge in [0.15, 0.2) is 11.5 Å². The number of rotatable bonds is 7. The van der Waals surface area contributed by atoms with Crippen molar-refractivity contribution in [3.63, 3.8) is 0 Å². The highest BCUT2D eigenvalue weighted by molar-refractivity contribution is 5.94. The summed E-state index contributed by atoms with van der Waals surface area (Å²) in [7, 11) is 5.43. The number of terminal acetylenes is 1. The van der Waals surface area contributed by atoms with Gasteiger partial charge >= 0.3 is 0 Å². The Morgan fingerprint density at radius 3 is 2.73 bits per heavy atom. The predicted octanol–water partition coefficient (Wildman–Crippen LogP) is 3.46. The molecule has 1 amide bonds. The SMILES string of the molecule is C#Cc1cccc(C(=O)N2CCC[C@@H](N(C)CCc3ccc(OC)c(OC)c3)C2)c1. The molecule has 1 aliphatic rings. The van der Waals surface area contributed by atoms with Crippen molar-refractivity contribution in [2.75, 3.05) is 40.9 Å². The Bertz CT molecular complexity index is 919. The summed E-state index contributed by atoms with van der Waals surface area (Å²) >= 11 is 0. The number of ether oxygens (including phenoxy) is 2. The Labute approximate surface area is 179 Å². The number of methoxy groups -OCH3 is 2. The molecule has 1 aliphatic heterocycles. The van der Waals surface area contributed by atoms with Gasteiger partial charge < -0.3 is 19.3 Å². The lowest BCUT2D eigenvalue weighted by Crippen LogP contribution is -2.49. The third-order valence-corrected chi connectivity index (χ3v) is 5.78. The molecule has 1 fully saturated rings. The van der Waals surface area contributed by atoms with E-state index >= 15 is 0 Å². The zero-order chi connectivity index (χ0) is 21.5. The fourth-order valence-electron chi connectivity index (χ4n) is 3.95. The maximum absolute atomic E-state index is 13.0. The largest absolute Gasteiger partial charge is 0.493 e. The van der Waals surface area contributed by atoms with E-state index in [0.29, 0.717) is 11.6 Å². The molecule has 158 valence electrons. The van der Waals surface area contributed by atoms with Crippen molar-refractivity contribution in [1.29, 1.82) is 0 Å². The molecule has 0 N–H and O–H groups in total. The highest BCUT2D eigenvalue weighted by Gasteiger charge is 2.26. The summed E-state index contributed by atoms with van der Waals surface area (Å²) in [6.45, 7) is 2.44. The van der Waals surface area contributed by atoms with Crippen LogP contribution in [0.3, 0.4) is 0 Å². The van der Waals surface area contributed by atoms with Gasteiger partial charge in [-0.25, -0.2) is 0 Å². The summed E-state index contributed by atoms with van der Waals surface area (Å²) < 4.78 is 10.7. The van der Waals surface area contributed by atoms with Crippen LogP contribution in [0.5, 0.6) is 11.5 Å². The van der Waals surface area contributed by atoms with Crippen LogP contribution in [0.15, 0.2) is 42.5 Å². The minimum atomic E-state index is 0.0603. The van der Waals surface area contributed by atoms with Crippen molar-refractivity contribution in [2.24, 2.45) is 0 Å². The van der Waals surface area contributed by atoms with Crippen molar-refractivity contribution in [1.82, 2.24) is 9.80 Å². The number of hydrogen-bond acceptors (Lipinski definition) is 4. The first-order valence-corrected chi connectivity index (χ1v) is 10.3. The van der Waals surface area contributed by atoms with E-state index in [4.69, 9.17) is 15.9 Å². The van der Waals surface area contributed by atoms with E-state index in [9.17, 15) is 4.79 Å². The fourth-order valence-corrected chi connectivity index (χ4v) is 3.95. The molecule has 0 aliphatic carbocycles. The maximum atomic E-state index is 13.0. The van der Waals surface area contributed by atoms with Crippen molar-refractivity contribution < 1.29 is 14.3 Å². The maximum Gasteiger partial charge on any atom is 0.253 e. The van der Waals surface area contributed by atoms with E-state index in [-0.39, 0.29) is 5.91 Å². The number of amides is 1. The molecular weight excluding hydrogens is 376 g/mol. The molecule has 1 saturated heterocycles. The van der Waals surface area contributed by atoms with Gasteiger partial charge in [-0.15, -0.1) is 6.42 Å². The minimum absolute atomic E-state index is 0.0603. The molecule has 3 rings (SSSR count). The third kappa shape index (κ3) is 5.14. The lowest BCUT2D eigenvalue weighted by molar-refractivity contribution is 0.0611. The van der Waals surface area contributed by atoms with Crippen LogP contribution >= 0.6 is 0 Å². The first-order chi connectivity index (χ1) is 14.5. The quantitative estimate of drug-likeness (QED) is 0.661. The molecule has 0 bridgehead atoms. The van der Waals surface area contributed by atoms with Crippen LogP contribution in [0.2, 0.25) is 0 Å². The lowest BCUT2D eigenvalue weighted by Gasteiger charge is -2.37. The topological polar surface area (TPSA) is 42.0 Å². The second kappa shape index (κ2) is 10.2. The Morgan fingerprint density at radius 2 is 2.00 bits per heavy atom. The Kier molecular flexibility index (Phi) is 7.37. The molecule has 5 heteroatoms. The zero-order valence-corrected chi connectivity index (χ0v) is 18.1. The summed E-state index contributed by atoms with van der Waals surface area (Å²) in [6.07, 6.45) is 8.49. The van der Waals surface area contributed by atoms with Crippen molar-refractivity contribution in [3.8, 4) is 23.8 Å². The fraction of sp³-hybridized carbons (Fsp3) is 0.400. The van der Waals surface area contributed by atoms with E-state index in [1.807, 2.05) is 35.2 Å². The highest BCUT2D eigenvalue weighted by atomic mass is 16.5. The Hall–Kier alpha value is -2.97. The van der Waals surface area contributed by atoms with Crippen LogP contribution in [0, 0.1) is 12.3 Å². The molecule has 5 nitrogen and oxygen atoms in total. The lowest BCUT2D eigenvalue weighted by atomic mass is 10.0. The summed E-state index contributed by atoms with van der Waals surface area (Å²) in [6, 6.07) is 13.7. The monoisotopic (exact) mass is 406 g/mol. The van der Waals surface area contributed by atoms with Crippen molar-refractivity contribution in [3.05, 3.63) is 59.2 Å². The van der Waals surface area contributed by atoms with Crippen LogP contribution in [-0.2, 0) is 6.42 Å². The van der Waals surface area contributed by atoms with Gasteiger partial charge in [-0.05, 0) is 62.2 Å². The molecule has 2 aromatic rings. The van der Waals surface area contributed by atoms with Gasteiger partial charge in [0, 0.05) is 36.8 Å². The number of nitrogens with zero attached hydrogens (tertiary/aromatic N) is 2. The summed E-state index contributed by atoms with van der Waals surface area (Å²) in [5, 5.41) is 0. The van der Waals surface area contributed by atoms with Crippen LogP contribution < -0.4 is 9.47 Å². The molecule has 2 aromatic carbocycles. The number of piperidine rings is 1. The number of hydrogen-bond donors (Lipinski definition) is 0. The van der Waals surface area contributed by atoms with Gasteiger partial charge in [-0.2, -0.15) is 0 Å². The van der Waals surface area contributed by atoms with E-state index in [1.54, 1.807) is 20.3 Å². The number of likely N-dealkylation sites (tertiary alicyclic amines) is 1. The zero-order valence-electron chi connectivity index (χ0n) is 18.1. The number of likely N-dealkylation sites (N-methyl/N-ethyl adjacent to an activating group) is 1. The molecular formula is C25H30N2O3. The first kappa shape index (κ1) is 21.7. The van der Waals surface area contributed by atoms with Gasteiger partial charge in [0.2, 0.25) is 0 Å². The minimum Gasteiger partial charge on any atom is -0.493 e. The predicted molar refractivity (Wildman–Crippen MR) is 119 cm³/mol. The van der Waals surface area contributed by atoms with E-state index in [1.165, 1.54) is 5.56 Å². The highest BCUT2D eigenvalue weighted by Crippen LogP contribution is 2.28. The van der Waals surface area contributed by atoms with Crippen molar-refractivity contribution >= 4 is 5.91 Å². The average molecular weight is 407 g/mol. The van der Waals surface area contributed by atoms with Crippen LogP contribution in [0.25, 0.3) is 0 Å². The van der Waals surface area contributed by atoms with Gasteiger partial charge in [0.05, 0.1) is 14.2 Å². The van der Waals surface area contributed by atoms with Gasteiger partial charge in [0.25, 0.3) is 5.91 Å². The Morgan fingerprint density at radius 1 is 1.20 bits per heavy atom. The van der Waals surface area contributed by atoms with Gasteiger partial charge in [0.1, 0.15) is 0 Å². The number of carbonyl (C=O) groups excluding carboxylic acids is 1. The van der Waals surface area contributed by atoms with E-state index in [0.717, 1.165) is 56.0 Å². The van der Waals surface area contributed by atoms with Crippen molar-refractivity contribution in [2.45, 2.75) is 25.3 Å². The van der Waals surface area contributed by atoms with E-state index < -0.39 is 0 Å². The molecule has 0 radical (unpaired) electrons. The number of benzene rings is 2. The number of carbonyl (C=O) groups is 1. The van der Waals surface area contributed by atoms with Crippen LogP contribution in [0.4, 0.5) is 0 Å². The normalized spacial score (nSPS) is 16.2. The first-order valence-electron chi connectivity index (χ1n) is 10.3. The smallest absolute Gasteiger partial charge is 0.253 e. The van der Waals surface area contributed by atoms with Crippen LogP contribution in [0.1, 0.15) is 34.3 Å². The summed E-state index contributed by atoms with van der Waals surface area (Å²) in [4.78, 5) is 17.3. The second-order valence-electron chi connectivity index (χ2n) is 7.69. The van der Waals surface area contributed by atoms with E-state index in [2.05, 4.69) is 23.9 Å². The molecule has 1 atom stereocenters. The summed E-state index contributed by atoms with van der Waals surface area (Å²) in [5.74, 6) is 4.16. The average Bonchev–Trinajstić information content (AvgIpc) is 2.81. The molecule has 0 unspecified atom stereocenters. The standard InChI is InChI=1S/C25H30N2O3/c1-5-19-8-6-9-21(16-19)25(28)27-14-7-10-22(18-27)26(2)15-13-20-11-12-23(29-3)24(17-20)30-4/h1,6,8-9,11-12,16-17,22H,7,10,13-15,18H2,2-4H3/t22-/m1/s1. The molecule has 0 spiro atoms.